The van der Waals surface area contributed by atoms with E-state index in [1.807, 2.05) is 30.3 Å². The zero-order chi connectivity index (χ0) is 18.6. The Morgan fingerprint density at radius 1 is 1.38 bits per heavy atom. The third-order valence-corrected chi connectivity index (χ3v) is 4.89. The molecule has 0 spiro atoms. The van der Waals surface area contributed by atoms with Gasteiger partial charge in [0.25, 0.3) is 0 Å². The van der Waals surface area contributed by atoms with Gasteiger partial charge < -0.3 is 9.84 Å². The molecule has 0 bridgehead atoms. The smallest absolute Gasteiger partial charge is 0.408 e. The first-order valence-corrected chi connectivity index (χ1v) is 8.46. The molecule has 1 heterocycles. The highest BCUT2D eigenvalue weighted by Gasteiger charge is 2.45. The molecule has 0 aliphatic heterocycles. The first kappa shape index (κ1) is 17.7. The summed E-state index contributed by atoms with van der Waals surface area (Å²) in [5.74, 6) is 0.739. The highest BCUT2D eigenvalue weighted by Crippen LogP contribution is 2.44. The summed E-state index contributed by atoms with van der Waals surface area (Å²) in [7, 11) is 1.58. The van der Waals surface area contributed by atoms with Crippen molar-refractivity contribution in [2.75, 3.05) is 7.11 Å². The molecule has 26 heavy (non-hydrogen) atoms. The van der Waals surface area contributed by atoms with E-state index >= 15 is 0 Å². The summed E-state index contributed by atoms with van der Waals surface area (Å²) >= 11 is 0. The van der Waals surface area contributed by atoms with Crippen LogP contribution in [0.2, 0.25) is 0 Å². The summed E-state index contributed by atoms with van der Waals surface area (Å²) < 4.78 is 5.24. The lowest BCUT2D eigenvalue weighted by atomic mass is 9.90. The molecule has 0 unspecified atom stereocenters. The number of carbonyl (C=O) groups is 1. The number of nitriles is 1. The normalized spacial score (nSPS) is 15.2. The Labute approximate surface area is 151 Å². The number of nitrogens with zero attached hydrogens (tertiary/aromatic N) is 4. The molecule has 1 aliphatic rings. The molecule has 1 aromatic heterocycles. The number of ether oxygens (including phenoxy) is 1. The van der Waals surface area contributed by atoms with Crippen molar-refractivity contribution in [2.45, 2.75) is 37.8 Å². The highest BCUT2D eigenvalue weighted by atomic mass is 16.5. The first-order valence-electron chi connectivity index (χ1n) is 8.46. The topological polar surface area (TPSA) is 99.3 Å². The van der Waals surface area contributed by atoms with Gasteiger partial charge in [0.1, 0.15) is 11.8 Å². The molecule has 1 saturated carbocycles. The number of carboxylic acid groups (broad SMARTS) is 1. The second-order valence-electron chi connectivity index (χ2n) is 6.34. The largest absolute Gasteiger partial charge is 0.497 e. The van der Waals surface area contributed by atoms with Gasteiger partial charge in [0.05, 0.1) is 24.9 Å². The molecule has 0 radical (unpaired) electrons. The monoisotopic (exact) mass is 352 g/mol. The van der Waals surface area contributed by atoms with Gasteiger partial charge >= 0.3 is 6.09 Å². The number of aromatic nitrogens is 2. The van der Waals surface area contributed by atoms with Gasteiger partial charge in [-0.05, 0) is 36.6 Å². The first-order chi connectivity index (χ1) is 12.6. The zero-order valence-corrected chi connectivity index (χ0v) is 14.6. The SMILES string of the molecule is COc1cccc(CN(C(=O)O)C2(c3ccnc(C#N)n3)CCCC2)c1. The van der Waals surface area contributed by atoms with E-state index in [-0.39, 0.29) is 12.4 Å². The van der Waals surface area contributed by atoms with Gasteiger partial charge in [-0.3, -0.25) is 4.90 Å². The Hall–Kier alpha value is -3.14. The van der Waals surface area contributed by atoms with Crippen molar-refractivity contribution in [2.24, 2.45) is 0 Å². The molecule has 7 heteroatoms. The van der Waals surface area contributed by atoms with Gasteiger partial charge in [0.2, 0.25) is 5.82 Å². The van der Waals surface area contributed by atoms with E-state index in [0.717, 1.165) is 18.4 Å². The van der Waals surface area contributed by atoms with Crippen LogP contribution in [0.15, 0.2) is 36.5 Å². The van der Waals surface area contributed by atoms with Crippen LogP contribution in [0.1, 0.15) is 42.8 Å². The maximum atomic E-state index is 12.2. The molecule has 2 aromatic rings. The highest BCUT2D eigenvalue weighted by molar-refractivity contribution is 5.67. The fourth-order valence-electron chi connectivity index (χ4n) is 3.65. The summed E-state index contributed by atoms with van der Waals surface area (Å²) in [5.41, 5.74) is 0.683. The Morgan fingerprint density at radius 2 is 2.15 bits per heavy atom. The average molecular weight is 352 g/mol. The molecule has 7 nitrogen and oxygen atoms in total. The molecule has 134 valence electrons. The number of hydrogen-bond donors (Lipinski definition) is 1. The molecule has 1 aromatic carbocycles. The lowest BCUT2D eigenvalue weighted by Gasteiger charge is -2.39. The standard InChI is InChI=1S/C19H20N4O3/c1-26-15-6-4-5-14(11-15)13-23(18(24)25)19(8-2-3-9-19)16-7-10-21-17(12-20)22-16/h4-7,10-11H,2-3,8-9,13H2,1H3,(H,24,25). The van der Waals surface area contributed by atoms with Crippen molar-refractivity contribution in [1.82, 2.24) is 14.9 Å². The number of rotatable bonds is 5. The van der Waals surface area contributed by atoms with Gasteiger partial charge in [0, 0.05) is 6.20 Å². The molecule has 1 aliphatic carbocycles. The summed E-state index contributed by atoms with van der Waals surface area (Å²) in [5, 5.41) is 19.1. The third kappa shape index (κ3) is 3.31. The molecule has 1 N–H and O–H groups in total. The maximum Gasteiger partial charge on any atom is 0.408 e. The molecule has 1 fully saturated rings. The Morgan fingerprint density at radius 3 is 2.81 bits per heavy atom. The summed E-state index contributed by atoms with van der Waals surface area (Å²) in [4.78, 5) is 21.8. The second-order valence-corrected chi connectivity index (χ2v) is 6.34. The van der Waals surface area contributed by atoms with Gasteiger partial charge in [0.15, 0.2) is 0 Å². The summed E-state index contributed by atoms with van der Waals surface area (Å²) in [6, 6.07) is 11.0. The molecular formula is C19H20N4O3. The lowest BCUT2D eigenvalue weighted by Crippen LogP contribution is -2.47. The minimum absolute atomic E-state index is 0.0560. The van der Waals surface area contributed by atoms with Gasteiger partial charge in [-0.2, -0.15) is 5.26 Å². The van der Waals surface area contributed by atoms with E-state index in [4.69, 9.17) is 10.00 Å². The van der Waals surface area contributed by atoms with Crippen molar-refractivity contribution >= 4 is 6.09 Å². The molecular weight excluding hydrogens is 332 g/mol. The van der Waals surface area contributed by atoms with E-state index in [1.54, 1.807) is 13.2 Å². The molecule has 1 amide bonds. The van der Waals surface area contributed by atoms with E-state index in [0.29, 0.717) is 24.3 Å². The van der Waals surface area contributed by atoms with Crippen LogP contribution >= 0.6 is 0 Å². The van der Waals surface area contributed by atoms with Crippen LogP contribution in [-0.4, -0.2) is 33.2 Å². The minimum Gasteiger partial charge on any atom is -0.497 e. The minimum atomic E-state index is -1.01. The zero-order valence-electron chi connectivity index (χ0n) is 14.6. The Balaban J connectivity index is 2.02. The van der Waals surface area contributed by atoms with Crippen molar-refractivity contribution in [3.8, 4) is 11.8 Å². The number of benzene rings is 1. The fraction of sp³-hybridized carbons (Fsp3) is 0.368. The van der Waals surface area contributed by atoms with E-state index in [1.165, 1.54) is 11.1 Å². The van der Waals surface area contributed by atoms with E-state index in [2.05, 4.69) is 9.97 Å². The van der Waals surface area contributed by atoms with Crippen molar-refractivity contribution in [3.63, 3.8) is 0 Å². The summed E-state index contributed by atoms with van der Waals surface area (Å²) in [6.45, 7) is 0.221. The maximum absolute atomic E-state index is 12.2. The average Bonchev–Trinajstić information content (AvgIpc) is 3.17. The van der Waals surface area contributed by atoms with Gasteiger partial charge in [-0.1, -0.05) is 25.0 Å². The van der Waals surface area contributed by atoms with Gasteiger partial charge in [-0.25, -0.2) is 14.8 Å². The lowest BCUT2D eigenvalue weighted by molar-refractivity contribution is 0.0671. The summed E-state index contributed by atoms with van der Waals surface area (Å²) in [6.07, 6.45) is 3.68. The fourth-order valence-corrected chi connectivity index (χ4v) is 3.65. The van der Waals surface area contributed by atoms with Crippen LogP contribution in [0.5, 0.6) is 5.75 Å². The number of methoxy groups -OCH3 is 1. The number of hydrogen-bond acceptors (Lipinski definition) is 5. The Bertz CT molecular complexity index is 841. The van der Waals surface area contributed by atoms with E-state index < -0.39 is 11.6 Å². The van der Waals surface area contributed by atoms with Crippen molar-refractivity contribution < 1.29 is 14.6 Å². The number of amides is 1. The molecule has 3 rings (SSSR count). The predicted octanol–water partition coefficient (Wildman–Crippen LogP) is 3.31. The van der Waals surface area contributed by atoms with Crippen LogP contribution in [0, 0.1) is 11.3 Å². The molecule has 0 saturated heterocycles. The van der Waals surface area contributed by atoms with Crippen LogP contribution in [-0.2, 0) is 12.1 Å². The van der Waals surface area contributed by atoms with Crippen LogP contribution < -0.4 is 4.74 Å². The van der Waals surface area contributed by atoms with Crippen LogP contribution in [0.4, 0.5) is 4.79 Å². The van der Waals surface area contributed by atoms with Crippen molar-refractivity contribution in [1.29, 1.82) is 5.26 Å². The van der Waals surface area contributed by atoms with E-state index in [9.17, 15) is 9.90 Å². The van der Waals surface area contributed by atoms with Gasteiger partial charge in [-0.15, -0.1) is 0 Å². The molecule has 0 atom stereocenters. The van der Waals surface area contributed by atoms with Crippen LogP contribution in [0.25, 0.3) is 0 Å². The Kier molecular flexibility index (Phi) is 5.03. The third-order valence-electron chi connectivity index (χ3n) is 4.89. The van der Waals surface area contributed by atoms with Crippen molar-refractivity contribution in [3.05, 3.63) is 53.6 Å². The predicted molar refractivity (Wildman–Crippen MR) is 93.5 cm³/mol. The quantitative estimate of drug-likeness (QED) is 0.886. The van der Waals surface area contributed by atoms with Crippen LogP contribution in [0.3, 0.4) is 0 Å². The second kappa shape index (κ2) is 7.40.